The highest BCUT2D eigenvalue weighted by atomic mass is 32.2. The molecule has 8 heteroatoms. The lowest BCUT2D eigenvalue weighted by atomic mass is 10.3. The monoisotopic (exact) mass is 322 g/mol. The van der Waals surface area contributed by atoms with E-state index in [1.54, 1.807) is 27.7 Å². The van der Waals surface area contributed by atoms with Crippen molar-refractivity contribution in [2.24, 2.45) is 0 Å². The van der Waals surface area contributed by atoms with Crippen molar-refractivity contribution in [3.05, 3.63) is 9.81 Å². The van der Waals surface area contributed by atoms with E-state index in [9.17, 15) is 18.0 Å². The summed E-state index contributed by atoms with van der Waals surface area (Å²) in [5.41, 5.74) is -0.485. The fourth-order valence-corrected chi connectivity index (χ4v) is 5.16. The van der Waals surface area contributed by atoms with E-state index in [4.69, 9.17) is 9.47 Å². The number of hydrogen-bond acceptors (Lipinski definition) is 6. The summed E-state index contributed by atoms with van der Waals surface area (Å²) in [4.78, 5) is 24.0. The van der Waals surface area contributed by atoms with E-state index < -0.39 is 51.3 Å². The summed E-state index contributed by atoms with van der Waals surface area (Å²) < 4.78 is 33.5. The molecule has 0 aromatic rings. The highest BCUT2D eigenvalue weighted by molar-refractivity contribution is 8.11. The molecule has 0 amide bonds. The molecule has 0 bridgehead atoms. The van der Waals surface area contributed by atoms with Crippen LogP contribution in [0.1, 0.15) is 27.7 Å². The van der Waals surface area contributed by atoms with Crippen LogP contribution in [0.2, 0.25) is 0 Å². The Hall–Kier alpha value is -1.02. The Balaban J connectivity index is 3.23. The fourth-order valence-electron chi connectivity index (χ4n) is 1.46. The minimum atomic E-state index is -1.61. The van der Waals surface area contributed by atoms with E-state index in [-0.39, 0.29) is 15.7 Å². The quantitative estimate of drug-likeness (QED) is 0.326. The summed E-state index contributed by atoms with van der Waals surface area (Å²) >= 11 is 0. The van der Waals surface area contributed by atoms with Gasteiger partial charge < -0.3 is 9.47 Å². The van der Waals surface area contributed by atoms with Crippen LogP contribution in [-0.2, 0) is 40.7 Å². The Morgan fingerprint density at radius 3 is 1.55 bits per heavy atom. The van der Waals surface area contributed by atoms with E-state index in [0.717, 1.165) is 0 Å². The van der Waals surface area contributed by atoms with Gasteiger partial charge in [0.25, 0.3) is 0 Å². The molecule has 0 spiro atoms. The van der Waals surface area contributed by atoms with Crippen molar-refractivity contribution in [2.75, 3.05) is 11.5 Å². The van der Waals surface area contributed by atoms with E-state index in [1.807, 2.05) is 0 Å². The van der Waals surface area contributed by atoms with Crippen LogP contribution < -0.4 is 0 Å². The van der Waals surface area contributed by atoms with Gasteiger partial charge in [0, 0.05) is 11.5 Å². The second kappa shape index (κ2) is 7.12. The maximum absolute atomic E-state index is 12.0. The molecule has 0 radical (unpaired) electrons. The van der Waals surface area contributed by atoms with Crippen LogP contribution in [0.25, 0.3) is 0 Å². The highest BCUT2D eigenvalue weighted by Gasteiger charge is 2.36. The third-order valence-corrected chi connectivity index (χ3v) is 5.92. The second-order valence-electron chi connectivity index (χ2n) is 4.67. The lowest BCUT2D eigenvalue weighted by Gasteiger charge is -2.13. The van der Waals surface area contributed by atoms with Crippen molar-refractivity contribution in [3.8, 4) is 0 Å². The van der Waals surface area contributed by atoms with E-state index >= 15 is 0 Å². The van der Waals surface area contributed by atoms with Crippen molar-refractivity contribution >= 4 is 33.5 Å². The molecule has 0 N–H and O–H groups in total. The summed E-state index contributed by atoms with van der Waals surface area (Å²) in [5, 5.41) is 0. The zero-order valence-corrected chi connectivity index (χ0v) is 13.5. The van der Waals surface area contributed by atoms with Crippen LogP contribution in [0.3, 0.4) is 0 Å². The molecular weight excluding hydrogens is 304 g/mol. The summed E-state index contributed by atoms with van der Waals surface area (Å²) in [6.45, 7) is 6.49. The third-order valence-electron chi connectivity index (χ3n) is 2.17. The predicted octanol–water partition coefficient (Wildman–Crippen LogP) is 0.612. The van der Waals surface area contributed by atoms with Crippen LogP contribution >= 0.6 is 0 Å². The minimum Gasteiger partial charge on any atom is -0.459 e. The number of carbonyl (C=O) groups is 2. The Bertz CT molecular complexity index is 450. The van der Waals surface area contributed by atoms with Gasteiger partial charge >= 0.3 is 11.9 Å². The highest BCUT2D eigenvalue weighted by Crippen LogP contribution is 2.24. The topological polar surface area (TPSA) is 86.7 Å². The maximum Gasteiger partial charge on any atom is 0.347 e. The van der Waals surface area contributed by atoms with Crippen LogP contribution in [0.4, 0.5) is 0 Å². The van der Waals surface area contributed by atoms with Gasteiger partial charge in [-0.05, 0) is 27.7 Å². The van der Waals surface area contributed by atoms with Gasteiger partial charge in [0.05, 0.1) is 33.8 Å². The summed E-state index contributed by atoms with van der Waals surface area (Å²) in [6.07, 6.45) is -0.901. The summed E-state index contributed by atoms with van der Waals surface area (Å²) in [5.74, 6) is -1.56. The molecule has 0 saturated carbocycles. The van der Waals surface area contributed by atoms with Crippen molar-refractivity contribution in [1.82, 2.24) is 0 Å². The molecule has 1 aliphatic rings. The van der Waals surface area contributed by atoms with E-state index in [2.05, 4.69) is 0 Å². The zero-order valence-electron chi connectivity index (χ0n) is 11.8. The van der Waals surface area contributed by atoms with Crippen LogP contribution in [0.5, 0.6) is 0 Å². The van der Waals surface area contributed by atoms with Gasteiger partial charge in [-0.2, -0.15) is 0 Å². The summed E-state index contributed by atoms with van der Waals surface area (Å²) in [7, 11) is -3.23. The second-order valence-corrected chi connectivity index (χ2v) is 7.94. The molecule has 2 atom stereocenters. The van der Waals surface area contributed by atoms with Crippen molar-refractivity contribution in [2.45, 2.75) is 39.9 Å². The van der Waals surface area contributed by atoms with Gasteiger partial charge in [-0.1, -0.05) is 0 Å². The number of ether oxygens (including phenoxy) is 2. The lowest BCUT2D eigenvalue weighted by molar-refractivity contribution is -0.150. The molecule has 1 aliphatic heterocycles. The predicted molar refractivity (Wildman–Crippen MR) is 75.5 cm³/mol. The Kier molecular flexibility index (Phi) is 6.07. The van der Waals surface area contributed by atoms with Gasteiger partial charge in [-0.25, -0.2) is 9.59 Å². The standard InChI is InChI=1S/C12H18O6S2/c1-7(2)17-10(13)9(11(14)18-8(3)4)12-19(15)5-6-20(12)16/h7-8H,5-6H2,1-4H3. The Morgan fingerprint density at radius 1 is 0.900 bits per heavy atom. The molecular formula is C12H18O6S2. The summed E-state index contributed by atoms with van der Waals surface area (Å²) in [6, 6.07) is 0. The number of rotatable bonds is 4. The first kappa shape index (κ1) is 17.0. The molecule has 0 aliphatic carbocycles. The molecule has 0 aromatic heterocycles. The Morgan fingerprint density at radius 2 is 1.25 bits per heavy atom. The number of esters is 2. The van der Waals surface area contributed by atoms with E-state index in [1.165, 1.54) is 0 Å². The van der Waals surface area contributed by atoms with Gasteiger partial charge in [0.2, 0.25) is 0 Å². The van der Waals surface area contributed by atoms with Crippen LogP contribution in [0, 0.1) is 0 Å². The van der Waals surface area contributed by atoms with Crippen LogP contribution in [-0.4, -0.2) is 44.1 Å². The van der Waals surface area contributed by atoms with Crippen LogP contribution in [0.15, 0.2) is 9.81 Å². The van der Waals surface area contributed by atoms with Crippen molar-refractivity contribution in [1.29, 1.82) is 0 Å². The number of hydrogen-bond donors (Lipinski definition) is 0. The largest absolute Gasteiger partial charge is 0.459 e. The van der Waals surface area contributed by atoms with E-state index in [0.29, 0.717) is 0 Å². The molecule has 2 unspecified atom stereocenters. The average Bonchev–Trinajstić information content (AvgIpc) is 2.59. The molecule has 114 valence electrons. The minimum absolute atomic E-state index is 0.162. The normalized spacial score (nSPS) is 22.2. The average molecular weight is 322 g/mol. The SMILES string of the molecule is CC(C)OC(=O)C(C(=O)OC(C)C)=C1S(=O)CCS1=O. The molecule has 20 heavy (non-hydrogen) atoms. The Labute approximate surface area is 122 Å². The third kappa shape index (κ3) is 4.24. The first-order valence-corrected chi connectivity index (χ1v) is 8.80. The first-order valence-electron chi connectivity index (χ1n) is 6.17. The zero-order chi connectivity index (χ0) is 15.4. The fraction of sp³-hybridized carbons (Fsp3) is 0.667. The molecule has 1 heterocycles. The molecule has 1 rings (SSSR count). The van der Waals surface area contributed by atoms with Gasteiger partial charge in [0.15, 0.2) is 5.57 Å². The van der Waals surface area contributed by atoms with Crippen molar-refractivity contribution < 1.29 is 27.5 Å². The molecule has 6 nitrogen and oxygen atoms in total. The van der Waals surface area contributed by atoms with Crippen molar-refractivity contribution in [3.63, 3.8) is 0 Å². The van der Waals surface area contributed by atoms with Gasteiger partial charge in [0.1, 0.15) is 4.24 Å². The number of carbonyl (C=O) groups excluding carboxylic acids is 2. The van der Waals surface area contributed by atoms with Gasteiger partial charge in [-0.3, -0.25) is 8.42 Å². The smallest absolute Gasteiger partial charge is 0.347 e. The first-order chi connectivity index (χ1) is 9.23. The van der Waals surface area contributed by atoms with Gasteiger partial charge in [-0.15, -0.1) is 0 Å². The maximum atomic E-state index is 12.0. The molecule has 1 fully saturated rings. The lowest BCUT2D eigenvalue weighted by Crippen LogP contribution is -2.25. The molecule has 0 aromatic carbocycles. The molecule has 1 saturated heterocycles.